The molecule has 4 nitrogen and oxygen atoms in total. The molecule has 0 saturated carbocycles. The lowest BCUT2D eigenvalue weighted by molar-refractivity contribution is -0.114. The monoisotopic (exact) mass is 306 g/mol. The highest BCUT2D eigenvalue weighted by molar-refractivity contribution is 7.98. The molecule has 1 aromatic heterocycles. The minimum atomic E-state index is -0.173. The van der Waals surface area contributed by atoms with E-state index in [4.69, 9.17) is 0 Å². The fourth-order valence-electron chi connectivity index (χ4n) is 1.63. The van der Waals surface area contributed by atoms with Crippen molar-refractivity contribution in [3.63, 3.8) is 0 Å². The minimum absolute atomic E-state index is 0.147. The number of anilines is 2. The topological polar surface area (TPSA) is 58.2 Å². The number of carbonyl (C=O) groups is 2. The smallest absolute Gasteiger partial charge is 0.265 e. The van der Waals surface area contributed by atoms with Gasteiger partial charge < -0.3 is 10.6 Å². The maximum atomic E-state index is 12.2. The number of benzene rings is 1. The summed E-state index contributed by atoms with van der Waals surface area (Å²) in [4.78, 5) is 24.7. The van der Waals surface area contributed by atoms with Crippen LogP contribution in [0.1, 0.15) is 16.6 Å². The summed E-state index contributed by atoms with van der Waals surface area (Å²) in [5.41, 5.74) is 0.791. The van der Waals surface area contributed by atoms with Crippen molar-refractivity contribution in [2.24, 2.45) is 0 Å². The molecular weight excluding hydrogens is 292 g/mol. The zero-order chi connectivity index (χ0) is 14.5. The number of hydrogen-bond acceptors (Lipinski definition) is 4. The average Bonchev–Trinajstić information content (AvgIpc) is 2.87. The molecule has 20 heavy (non-hydrogen) atoms. The van der Waals surface area contributed by atoms with E-state index in [0.717, 1.165) is 10.6 Å². The van der Waals surface area contributed by atoms with Crippen molar-refractivity contribution in [1.29, 1.82) is 0 Å². The molecule has 6 heteroatoms. The predicted octanol–water partition coefficient (Wildman–Crippen LogP) is 3.68. The molecular formula is C14H14N2O2S2. The number of para-hydroxylation sites is 1. The van der Waals surface area contributed by atoms with Crippen LogP contribution in [0, 0.1) is 0 Å². The summed E-state index contributed by atoms with van der Waals surface area (Å²) in [5.74, 6) is -0.320. The molecule has 0 saturated heterocycles. The molecule has 1 aromatic carbocycles. The van der Waals surface area contributed by atoms with E-state index in [0.29, 0.717) is 9.88 Å². The van der Waals surface area contributed by atoms with Crippen LogP contribution in [-0.4, -0.2) is 18.1 Å². The highest BCUT2D eigenvalue weighted by Crippen LogP contribution is 2.27. The predicted molar refractivity (Wildman–Crippen MR) is 84.8 cm³/mol. The van der Waals surface area contributed by atoms with Crippen molar-refractivity contribution in [3.05, 3.63) is 41.3 Å². The number of nitrogens with one attached hydrogen (secondary N) is 2. The van der Waals surface area contributed by atoms with Crippen LogP contribution >= 0.6 is 23.1 Å². The first-order valence-corrected chi connectivity index (χ1v) is 7.96. The van der Waals surface area contributed by atoms with Crippen LogP contribution < -0.4 is 10.6 Å². The average molecular weight is 306 g/mol. The molecule has 2 aromatic rings. The minimum Gasteiger partial charge on any atom is -0.320 e. The van der Waals surface area contributed by atoms with Gasteiger partial charge in [0.25, 0.3) is 5.91 Å². The summed E-state index contributed by atoms with van der Waals surface area (Å²) in [6, 6.07) is 11.1. The van der Waals surface area contributed by atoms with Gasteiger partial charge in [0.05, 0.1) is 15.6 Å². The third-order valence-electron chi connectivity index (χ3n) is 2.48. The van der Waals surface area contributed by atoms with Crippen molar-refractivity contribution in [3.8, 4) is 0 Å². The molecule has 0 bridgehead atoms. The maximum Gasteiger partial charge on any atom is 0.265 e. The molecule has 0 radical (unpaired) electrons. The summed E-state index contributed by atoms with van der Waals surface area (Å²) in [5, 5.41) is 6.21. The van der Waals surface area contributed by atoms with Gasteiger partial charge in [-0.2, -0.15) is 0 Å². The molecule has 0 aliphatic carbocycles. The Hall–Kier alpha value is -1.79. The van der Waals surface area contributed by atoms with Gasteiger partial charge in [-0.25, -0.2) is 0 Å². The Morgan fingerprint density at radius 1 is 1.10 bits per heavy atom. The van der Waals surface area contributed by atoms with Crippen molar-refractivity contribution in [1.82, 2.24) is 0 Å². The van der Waals surface area contributed by atoms with Gasteiger partial charge in [-0.3, -0.25) is 9.59 Å². The normalized spacial score (nSPS) is 10.1. The lowest BCUT2D eigenvalue weighted by Gasteiger charge is -2.07. The van der Waals surface area contributed by atoms with Crippen LogP contribution in [0.2, 0.25) is 0 Å². The molecule has 0 spiro atoms. The third kappa shape index (κ3) is 3.61. The lowest BCUT2D eigenvalue weighted by Crippen LogP contribution is -2.10. The van der Waals surface area contributed by atoms with E-state index in [-0.39, 0.29) is 11.8 Å². The van der Waals surface area contributed by atoms with Gasteiger partial charge in [-0.05, 0) is 30.5 Å². The van der Waals surface area contributed by atoms with Gasteiger partial charge in [-0.15, -0.1) is 23.1 Å². The molecule has 2 N–H and O–H groups in total. The van der Waals surface area contributed by atoms with Gasteiger partial charge >= 0.3 is 0 Å². The maximum absolute atomic E-state index is 12.2. The Bertz CT molecular complexity index is 638. The van der Waals surface area contributed by atoms with Gasteiger partial charge in [0, 0.05) is 11.8 Å². The van der Waals surface area contributed by atoms with E-state index in [2.05, 4.69) is 10.6 Å². The molecule has 0 aliphatic heterocycles. The first-order chi connectivity index (χ1) is 9.60. The molecule has 1 heterocycles. The van der Waals surface area contributed by atoms with E-state index in [9.17, 15) is 9.59 Å². The van der Waals surface area contributed by atoms with Gasteiger partial charge in [0.2, 0.25) is 5.91 Å². The number of thiophene rings is 1. The van der Waals surface area contributed by atoms with Crippen molar-refractivity contribution >= 4 is 45.6 Å². The summed E-state index contributed by atoms with van der Waals surface area (Å²) < 4.78 is 0. The van der Waals surface area contributed by atoms with Crippen LogP contribution in [0.15, 0.2) is 41.3 Å². The van der Waals surface area contributed by atoms with Gasteiger partial charge in [0.15, 0.2) is 0 Å². The van der Waals surface area contributed by atoms with Crippen LogP contribution in [-0.2, 0) is 4.79 Å². The second-order valence-corrected chi connectivity index (χ2v) is 5.93. The second-order valence-electron chi connectivity index (χ2n) is 4.00. The van der Waals surface area contributed by atoms with E-state index in [1.54, 1.807) is 23.9 Å². The van der Waals surface area contributed by atoms with E-state index in [1.165, 1.54) is 18.3 Å². The fourth-order valence-corrected chi connectivity index (χ4v) is 3.03. The summed E-state index contributed by atoms with van der Waals surface area (Å²) in [7, 11) is 0. The Labute approximate surface area is 125 Å². The number of amides is 2. The van der Waals surface area contributed by atoms with Crippen molar-refractivity contribution < 1.29 is 9.59 Å². The SMILES string of the molecule is CSc1ccccc1NC(=O)c1ccc(NC(C)=O)s1. The molecule has 2 rings (SSSR count). The first-order valence-electron chi connectivity index (χ1n) is 5.92. The second kappa shape index (κ2) is 6.58. The number of rotatable bonds is 4. The van der Waals surface area contributed by atoms with Gasteiger partial charge in [0.1, 0.15) is 0 Å². The molecule has 104 valence electrons. The Morgan fingerprint density at radius 3 is 2.55 bits per heavy atom. The van der Waals surface area contributed by atoms with E-state index < -0.39 is 0 Å². The van der Waals surface area contributed by atoms with Crippen LogP contribution in [0.5, 0.6) is 0 Å². The summed E-state index contributed by atoms with van der Waals surface area (Å²) >= 11 is 2.83. The number of carbonyl (C=O) groups excluding carboxylic acids is 2. The molecule has 0 atom stereocenters. The highest BCUT2D eigenvalue weighted by atomic mass is 32.2. The molecule has 0 fully saturated rings. The Kier molecular flexibility index (Phi) is 4.81. The van der Waals surface area contributed by atoms with Crippen molar-refractivity contribution in [2.45, 2.75) is 11.8 Å². The number of hydrogen-bond donors (Lipinski definition) is 2. The van der Waals surface area contributed by atoms with Gasteiger partial charge in [-0.1, -0.05) is 12.1 Å². The summed E-state index contributed by atoms with van der Waals surface area (Å²) in [6.07, 6.45) is 1.96. The number of thioether (sulfide) groups is 1. The van der Waals surface area contributed by atoms with Crippen molar-refractivity contribution in [2.75, 3.05) is 16.9 Å². The van der Waals surface area contributed by atoms with Crippen LogP contribution in [0.25, 0.3) is 0 Å². The quantitative estimate of drug-likeness (QED) is 0.847. The first kappa shape index (κ1) is 14.6. The molecule has 2 amide bonds. The van der Waals surface area contributed by atoms with Crippen LogP contribution in [0.3, 0.4) is 0 Å². The zero-order valence-electron chi connectivity index (χ0n) is 11.1. The molecule has 0 aliphatic rings. The highest BCUT2D eigenvalue weighted by Gasteiger charge is 2.11. The Balaban J connectivity index is 2.12. The van der Waals surface area contributed by atoms with E-state index >= 15 is 0 Å². The molecule has 0 unspecified atom stereocenters. The largest absolute Gasteiger partial charge is 0.320 e. The van der Waals surface area contributed by atoms with E-state index in [1.807, 2.05) is 30.5 Å². The summed E-state index contributed by atoms with van der Waals surface area (Å²) in [6.45, 7) is 1.44. The zero-order valence-corrected chi connectivity index (χ0v) is 12.7. The Morgan fingerprint density at radius 2 is 1.85 bits per heavy atom. The standard InChI is InChI=1S/C14H14N2O2S2/c1-9(17)15-13-8-7-12(20-13)14(18)16-10-5-3-4-6-11(10)19-2/h3-8H,1-2H3,(H,15,17)(H,16,18). The fraction of sp³-hybridized carbons (Fsp3) is 0.143. The lowest BCUT2D eigenvalue weighted by atomic mass is 10.3. The third-order valence-corrected chi connectivity index (χ3v) is 4.28. The van der Waals surface area contributed by atoms with Crippen LogP contribution in [0.4, 0.5) is 10.7 Å².